The van der Waals surface area contributed by atoms with Crippen LogP contribution in [-0.2, 0) is 4.74 Å². The summed E-state index contributed by atoms with van der Waals surface area (Å²) in [5.74, 6) is 5.09. The van der Waals surface area contributed by atoms with Crippen LogP contribution in [0.5, 0.6) is 5.75 Å². The second-order valence-corrected chi connectivity index (χ2v) is 3.62. The van der Waals surface area contributed by atoms with Gasteiger partial charge in [-0.05, 0) is 24.1 Å². The first kappa shape index (κ1) is 14.7. The summed E-state index contributed by atoms with van der Waals surface area (Å²) < 4.78 is 45.0. The van der Waals surface area contributed by atoms with Gasteiger partial charge in [0.05, 0.1) is 0 Å². The lowest BCUT2D eigenvalue weighted by molar-refractivity contribution is -0.274. The molecule has 0 saturated carbocycles. The van der Waals surface area contributed by atoms with E-state index in [2.05, 4.69) is 10.2 Å². The number of hydrazine groups is 1. The van der Waals surface area contributed by atoms with Gasteiger partial charge in [0.1, 0.15) is 5.75 Å². The van der Waals surface area contributed by atoms with Crippen LogP contribution in [0.1, 0.15) is 18.0 Å². The molecule has 0 aliphatic heterocycles. The number of nitrogens with two attached hydrogens (primary N) is 1. The molecular weight excluding hydrogens is 249 g/mol. The minimum absolute atomic E-state index is 0.266. The van der Waals surface area contributed by atoms with E-state index in [4.69, 9.17) is 10.6 Å². The van der Waals surface area contributed by atoms with Crippen LogP contribution in [0.4, 0.5) is 13.2 Å². The van der Waals surface area contributed by atoms with Gasteiger partial charge in [-0.2, -0.15) is 0 Å². The smallest absolute Gasteiger partial charge is 0.406 e. The summed E-state index contributed by atoms with van der Waals surface area (Å²) in [5.41, 5.74) is 3.13. The Hall–Kier alpha value is -1.31. The Morgan fingerprint density at radius 1 is 1.39 bits per heavy atom. The normalized spacial score (nSPS) is 13.4. The molecular formula is C11H15F3N2O2. The number of benzene rings is 1. The molecule has 1 rings (SSSR count). The van der Waals surface area contributed by atoms with E-state index < -0.39 is 6.36 Å². The fourth-order valence-corrected chi connectivity index (χ4v) is 1.51. The van der Waals surface area contributed by atoms with Crippen LogP contribution >= 0.6 is 0 Å². The van der Waals surface area contributed by atoms with Crippen molar-refractivity contribution in [1.29, 1.82) is 0 Å². The Balaban J connectivity index is 2.79. The summed E-state index contributed by atoms with van der Waals surface area (Å²) in [7, 11) is 1.54. The van der Waals surface area contributed by atoms with Gasteiger partial charge in [-0.1, -0.05) is 12.1 Å². The zero-order valence-corrected chi connectivity index (χ0v) is 9.83. The third-order valence-corrected chi connectivity index (χ3v) is 2.31. The van der Waals surface area contributed by atoms with Crippen molar-refractivity contribution >= 4 is 0 Å². The highest BCUT2D eigenvalue weighted by molar-refractivity contribution is 5.30. The third kappa shape index (κ3) is 4.91. The Kier molecular flexibility index (Phi) is 5.39. The first-order valence-electron chi connectivity index (χ1n) is 5.27. The van der Waals surface area contributed by atoms with E-state index in [0.29, 0.717) is 18.6 Å². The van der Waals surface area contributed by atoms with E-state index in [1.807, 2.05) is 0 Å². The SMILES string of the molecule is COCCC(NN)c1cccc(OC(F)(F)F)c1. The molecule has 18 heavy (non-hydrogen) atoms. The van der Waals surface area contributed by atoms with E-state index in [-0.39, 0.29) is 11.8 Å². The highest BCUT2D eigenvalue weighted by Gasteiger charge is 2.31. The molecule has 1 unspecified atom stereocenters. The zero-order chi connectivity index (χ0) is 13.6. The second kappa shape index (κ2) is 6.58. The van der Waals surface area contributed by atoms with Gasteiger partial charge >= 0.3 is 6.36 Å². The molecule has 1 atom stereocenters. The lowest BCUT2D eigenvalue weighted by atomic mass is 10.0. The quantitative estimate of drug-likeness (QED) is 0.610. The summed E-state index contributed by atoms with van der Waals surface area (Å²) in [4.78, 5) is 0. The van der Waals surface area contributed by atoms with Crippen molar-refractivity contribution in [1.82, 2.24) is 5.43 Å². The predicted molar refractivity (Wildman–Crippen MR) is 59.7 cm³/mol. The number of methoxy groups -OCH3 is 1. The first-order valence-corrected chi connectivity index (χ1v) is 5.27. The van der Waals surface area contributed by atoms with Crippen molar-refractivity contribution in [3.05, 3.63) is 29.8 Å². The minimum atomic E-state index is -4.70. The average Bonchev–Trinajstić information content (AvgIpc) is 2.28. The molecule has 3 N–H and O–H groups in total. The van der Waals surface area contributed by atoms with Gasteiger partial charge in [0.2, 0.25) is 0 Å². The van der Waals surface area contributed by atoms with Crippen molar-refractivity contribution in [2.75, 3.05) is 13.7 Å². The van der Waals surface area contributed by atoms with Crippen LogP contribution in [0, 0.1) is 0 Å². The molecule has 0 bridgehead atoms. The fourth-order valence-electron chi connectivity index (χ4n) is 1.51. The van der Waals surface area contributed by atoms with Crippen LogP contribution in [0.15, 0.2) is 24.3 Å². The second-order valence-electron chi connectivity index (χ2n) is 3.62. The molecule has 102 valence electrons. The van der Waals surface area contributed by atoms with Crippen molar-refractivity contribution in [2.45, 2.75) is 18.8 Å². The molecule has 0 saturated heterocycles. The number of halogens is 3. The maximum atomic E-state index is 12.1. The Bertz CT molecular complexity index is 372. The summed E-state index contributed by atoms with van der Waals surface area (Å²) >= 11 is 0. The highest BCUT2D eigenvalue weighted by atomic mass is 19.4. The van der Waals surface area contributed by atoms with Gasteiger partial charge in [0, 0.05) is 19.8 Å². The Morgan fingerprint density at radius 3 is 2.67 bits per heavy atom. The third-order valence-electron chi connectivity index (χ3n) is 2.31. The van der Waals surface area contributed by atoms with Gasteiger partial charge in [-0.15, -0.1) is 13.2 Å². The largest absolute Gasteiger partial charge is 0.573 e. The molecule has 0 heterocycles. The molecule has 0 spiro atoms. The van der Waals surface area contributed by atoms with Gasteiger partial charge in [-0.3, -0.25) is 11.3 Å². The summed E-state index contributed by atoms with van der Waals surface area (Å²) in [6.45, 7) is 0.444. The Morgan fingerprint density at radius 2 is 2.11 bits per heavy atom. The van der Waals surface area contributed by atoms with Crippen molar-refractivity contribution < 1.29 is 22.6 Å². The molecule has 0 aliphatic rings. The van der Waals surface area contributed by atoms with Gasteiger partial charge in [0.15, 0.2) is 0 Å². The molecule has 1 aromatic carbocycles. The number of hydrogen-bond acceptors (Lipinski definition) is 4. The first-order chi connectivity index (χ1) is 8.46. The van der Waals surface area contributed by atoms with Crippen LogP contribution < -0.4 is 16.0 Å². The van der Waals surface area contributed by atoms with E-state index >= 15 is 0 Å². The summed E-state index contributed by atoms with van der Waals surface area (Å²) in [6.07, 6.45) is -4.15. The van der Waals surface area contributed by atoms with E-state index in [1.165, 1.54) is 25.3 Å². The maximum Gasteiger partial charge on any atom is 0.573 e. The van der Waals surface area contributed by atoms with E-state index in [1.54, 1.807) is 6.07 Å². The molecule has 4 nitrogen and oxygen atoms in total. The molecule has 1 aromatic rings. The molecule has 0 fully saturated rings. The number of rotatable bonds is 6. The standard InChI is InChI=1S/C11H15F3N2O2/c1-17-6-5-10(16-15)8-3-2-4-9(7-8)18-11(12,13)14/h2-4,7,10,16H,5-6,15H2,1H3. The number of alkyl halides is 3. The molecule has 0 aromatic heterocycles. The zero-order valence-electron chi connectivity index (χ0n) is 9.83. The van der Waals surface area contributed by atoms with E-state index in [9.17, 15) is 13.2 Å². The van der Waals surface area contributed by atoms with Crippen LogP contribution in [0.2, 0.25) is 0 Å². The van der Waals surface area contributed by atoms with Crippen LogP contribution in [-0.4, -0.2) is 20.1 Å². The molecule has 0 radical (unpaired) electrons. The fraction of sp³-hybridized carbons (Fsp3) is 0.455. The van der Waals surface area contributed by atoms with Crippen LogP contribution in [0.25, 0.3) is 0 Å². The van der Waals surface area contributed by atoms with Crippen molar-refractivity contribution in [3.63, 3.8) is 0 Å². The lowest BCUT2D eigenvalue weighted by Gasteiger charge is -2.17. The average molecular weight is 264 g/mol. The maximum absolute atomic E-state index is 12.1. The monoisotopic (exact) mass is 264 g/mol. The Labute approximate surface area is 103 Å². The van der Waals surface area contributed by atoms with Crippen molar-refractivity contribution in [3.8, 4) is 5.75 Å². The number of ether oxygens (including phenoxy) is 2. The lowest BCUT2D eigenvalue weighted by Crippen LogP contribution is -2.29. The molecule has 0 amide bonds. The molecule has 0 aliphatic carbocycles. The topological polar surface area (TPSA) is 56.5 Å². The van der Waals surface area contributed by atoms with Crippen LogP contribution in [0.3, 0.4) is 0 Å². The van der Waals surface area contributed by atoms with Gasteiger partial charge < -0.3 is 9.47 Å². The van der Waals surface area contributed by atoms with Crippen molar-refractivity contribution in [2.24, 2.45) is 5.84 Å². The molecule has 7 heteroatoms. The number of hydrogen-bond donors (Lipinski definition) is 2. The summed E-state index contributed by atoms with van der Waals surface area (Å²) in [6, 6.07) is 5.40. The number of nitrogens with one attached hydrogen (secondary N) is 1. The summed E-state index contributed by atoms with van der Waals surface area (Å²) in [5, 5.41) is 0. The highest BCUT2D eigenvalue weighted by Crippen LogP contribution is 2.26. The van der Waals surface area contributed by atoms with E-state index in [0.717, 1.165) is 0 Å². The van der Waals surface area contributed by atoms with Gasteiger partial charge in [-0.25, -0.2) is 0 Å². The van der Waals surface area contributed by atoms with Gasteiger partial charge in [0.25, 0.3) is 0 Å². The predicted octanol–water partition coefficient (Wildman–Crippen LogP) is 2.13. The minimum Gasteiger partial charge on any atom is -0.406 e.